The first kappa shape index (κ1) is 24.4. The van der Waals surface area contributed by atoms with E-state index in [1.807, 2.05) is 12.1 Å². The Labute approximate surface area is 258 Å². The molecule has 7 aromatic carbocycles. The second-order valence-corrected chi connectivity index (χ2v) is 11.8. The Balaban J connectivity index is 1.17. The summed E-state index contributed by atoms with van der Waals surface area (Å²) in [7, 11) is 0. The van der Waals surface area contributed by atoms with Crippen LogP contribution in [0.5, 0.6) is 0 Å². The Morgan fingerprint density at radius 1 is 0.311 bits per heavy atom. The summed E-state index contributed by atoms with van der Waals surface area (Å²) >= 11 is 0. The molecule has 0 radical (unpaired) electrons. The highest BCUT2D eigenvalue weighted by molar-refractivity contribution is 6.17. The average Bonchev–Trinajstić information content (AvgIpc) is 3.74. The van der Waals surface area contributed by atoms with Gasteiger partial charge in [0.15, 0.2) is 0 Å². The zero-order chi connectivity index (χ0) is 29.5. The quantitative estimate of drug-likeness (QED) is 0.206. The zero-order valence-electron chi connectivity index (χ0n) is 24.3. The van der Waals surface area contributed by atoms with Crippen LogP contribution >= 0.6 is 0 Å². The van der Waals surface area contributed by atoms with E-state index in [-0.39, 0.29) is 0 Å². The lowest BCUT2D eigenvalue weighted by Gasteiger charge is -2.12. The van der Waals surface area contributed by atoms with Crippen molar-refractivity contribution in [1.82, 2.24) is 9.13 Å². The molecule has 0 bridgehead atoms. The third-order valence-corrected chi connectivity index (χ3v) is 9.29. The fraction of sp³-hybridized carbons (Fsp3) is 0. The van der Waals surface area contributed by atoms with Gasteiger partial charge in [-0.05, 0) is 65.7 Å². The number of nitrogens with zero attached hydrogens (tertiary/aromatic N) is 2. The van der Waals surface area contributed by atoms with Crippen molar-refractivity contribution in [3.05, 3.63) is 158 Å². The molecular formula is C42H26N2O. The van der Waals surface area contributed by atoms with Crippen LogP contribution < -0.4 is 0 Å². The Kier molecular flexibility index (Phi) is 5.00. The van der Waals surface area contributed by atoms with Crippen LogP contribution in [0.1, 0.15) is 0 Å². The van der Waals surface area contributed by atoms with Crippen molar-refractivity contribution in [2.75, 3.05) is 0 Å². The molecule has 0 fully saturated rings. The molecule has 0 aliphatic heterocycles. The summed E-state index contributed by atoms with van der Waals surface area (Å²) in [5, 5.41) is 7.30. The van der Waals surface area contributed by atoms with Crippen LogP contribution in [0.15, 0.2) is 162 Å². The first-order chi connectivity index (χ1) is 22.3. The molecule has 0 N–H and O–H groups in total. The van der Waals surface area contributed by atoms with E-state index in [1.165, 1.54) is 49.2 Å². The van der Waals surface area contributed by atoms with Crippen LogP contribution in [0.2, 0.25) is 0 Å². The van der Waals surface area contributed by atoms with Crippen LogP contribution in [0.25, 0.3) is 88.1 Å². The molecule has 3 nitrogen and oxygen atoms in total. The van der Waals surface area contributed by atoms with Crippen LogP contribution in [0, 0.1) is 0 Å². The first-order valence-corrected chi connectivity index (χ1v) is 15.4. The Morgan fingerprint density at radius 2 is 0.800 bits per heavy atom. The smallest absolute Gasteiger partial charge is 0.137 e. The van der Waals surface area contributed by atoms with Crippen LogP contribution in [-0.4, -0.2) is 9.13 Å². The molecule has 0 atom stereocenters. The molecule has 0 amide bonds. The molecule has 0 saturated heterocycles. The number of benzene rings is 7. The number of para-hydroxylation sites is 4. The molecule has 3 heteroatoms. The van der Waals surface area contributed by atoms with Gasteiger partial charge in [0.2, 0.25) is 0 Å². The lowest BCUT2D eigenvalue weighted by molar-refractivity contribution is 0.669. The molecular weight excluding hydrogens is 548 g/mol. The molecule has 0 aliphatic carbocycles. The van der Waals surface area contributed by atoms with Gasteiger partial charge in [-0.25, -0.2) is 0 Å². The summed E-state index contributed by atoms with van der Waals surface area (Å²) in [6, 6.07) is 56.6. The van der Waals surface area contributed by atoms with Crippen LogP contribution in [0.4, 0.5) is 0 Å². The van der Waals surface area contributed by atoms with Crippen molar-refractivity contribution in [2.24, 2.45) is 0 Å². The minimum absolute atomic E-state index is 0.905. The fourth-order valence-electron chi connectivity index (χ4n) is 7.32. The van der Waals surface area contributed by atoms with E-state index in [4.69, 9.17) is 4.42 Å². The summed E-state index contributed by atoms with van der Waals surface area (Å²) in [6.45, 7) is 0. The fourth-order valence-corrected chi connectivity index (χ4v) is 7.32. The molecule has 0 saturated carbocycles. The van der Waals surface area contributed by atoms with Gasteiger partial charge in [-0.3, -0.25) is 0 Å². The molecule has 45 heavy (non-hydrogen) atoms. The SMILES string of the molecule is c1cc(-c2cccc(-n3c4ccccc4c4cc5c(cc43)oc3ccccc35)c2)cc(-n2c3ccccc3c3ccccc32)c1. The highest BCUT2D eigenvalue weighted by Gasteiger charge is 2.17. The van der Waals surface area contributed by atoms with Crippen molar-refractivity contribution in [1.29, 1.82) is 0 Å². The molecule has 10 rings (SSSR count). The highest BCUT2D eigenvalue weighted by Crippen LogP contribution is 2.39. The molecule has 10 aromatic rings. The summed E-state index contributed by atoms with van der Waals surface area (Å²) in [6.07, 6.45) is 0. The Morgan fingerprint density at radius 3 is 1.40 bits per heavy atom. The third-order valence-electron chi connectivity index (χ3n) is 9.29. The number of fused-ring (bicyclic) bond motifs is 9. The van der Waals surface area contributed by atoms with Gasteiger partial charge >= 0.3 is 0 Å². The topological polar surface area (TPSA) is 23.0 Å². The second kappa shape index (κ2) is 9.22. The van der Waals surface area contributed by atoms with Gasteiger partial charge in [-0.1, -0.05) is 97.1 Å². The van der Waals surface area contributed by atoms with E-state index in [1.54, 1.807) is 0 Å². The number of furan rings is 1. The molecule has 3 heterocycles. The summed E-state index contributed by atoms with van der Waals surface area (Å²) < 4.78 is 11.1. The Bertz CT molecular complexity index is 2720. The molecule has 3 aromatic heterocycles. The van der Waals surface area contributed by atoms with Gasteiger partial charge in [0.05, 0.1) is 22.1 Å². The second-order valence-electron chi connectivity index (χ2n) is 11.8. The molecule has 0 aliphatic rings. The predicted molar refractivity (Wildman–Crippen MR) is 188 cm³/mol. The van der Waals surface area contributed by atoms with Crippen molar-refractivity contribution < 1.29 is 4.42 Å². The molecule has 210 valence electrons. The lowest BCUT2D eigenvalue weighted by atomic mass is 10.0. The molecule has 0 unspecified atom stereocenters. The Hall–Kier alpha value is -6.06. The average molecular weight is 575 g/mol. The van der Waals surface area contributed by atoms with Gasteiger partial charge in [0, 0.05) is 49.8 Å². The summed E-state index contributed by atoms with van der Waals surface area (Å²) in [4.78, 5) is 0. The van der Waals surface area contributed by atoms with Crippen molar-refractivity contribution in [2.45, 2.75) is 0 Å². The third kappa shape index (κ3) is 3.52. The van der Waals surface area contributed by atoms with Gasteiger partial charge in [0.1, 0.15) is 11.2 Å². The maximum absolute atomic E-state index is 6.33. The van der Waals surface area contributed by atoms with Crippen LogP contribution in [0.3, 0.4) is 0 Å². The first-order valence-electron chi connectivity index (χ1n) is 15.4. The minimum Gasteiger partial charge on any atom is -0.456 e. The van der Waals surface area contributed by atoms with Gasteiger partial charge < -0.3 is 13.6 Å². The highest BCUT2D eigenvalue weighted by atomic mass is 16.3. The maximum Gasteiger partial charge on any atom is 0.137 e. The maximum atomic E-state index is 6.33. The zero-order valence-corrected chi connectivity index (χ0v) is 24.3. The predicted octanol–water partition coefficient (Wildman–Crippen LogP) is 11.4. The lowest BCUT2D eigenvalue weighted by Crippen LogP contribution is -1.96. The van der Waals surface area contributed by atoms with Gasteiger partial charge in [-0.15, -0.1) is 0 Å². The number of aromatic nitrogens is 2. The van der Waals surface area contributed by atoms with Crippen molar-refractivity contribution >= 4 is 65.6 Å². The standard InChI is InChI=1S/C42H26N2O/c1-5-19-37-31(15-1)32-16-2-6-20-38(32)43(37)29-13-9-11-27(23-29)28-12-10-14-30(24-28)44-39-21-7-3-17-33(39)35-25-36-34-18-4-8-22-41(34)45-42(36)26-40(35)44/h1-26H. The van der Waals surface area contributed by atoms with Gasteiger partial charge in [0.25, 0.3) is 0 Å². The normalized spacial score (nSPS) is 12.0. The van der Waals surface area contributed by atoms with E-state index < -0.39 is 0 Å². The van der Waals surface area contributed by atoms with Gasteiger partial charge in [-0.2, -0.15) is 0 Å². The number of hydrogen-bond donors (Lipinski definition) is 0. The molecule has 0 spiro atoms. The van der Waals surface area contributed by atoms with Crippen LogP contribution in [-0.2, 0) is 0 Å². The summed E-state index contributed by atoms with van der Waals surface area (Å²) in [5.41, 5.74) is 11.2. The van der Waals surface area contributed by atoms with E-state index in [9.17, 15) is 0 Å². The largest absolute Gasteiger partial charge is 0.456 e. The van der Waals surface area contributed by atoms with E-state index in [0.717, 1.165) is 38.8 Å². The summed E-state index contributed by atoms with van der Waals surface area (Å²) in [5.74, 6) is 0. The van der Waals surface area contributed by atoms with Crippen molar-refractivity contribution in [3.8, 4) is 22.5 Å². The minimum atomic E-state index is 0.905. The monoisotopic (exact) mass is 574 g/mol. The van der Waals surface area contributed by atoms with E-state index in [2.05, 4.69) is 155 Å². The van der Waals surface area contributed by atoms with E-state index >= 15 is 0 Å². The number of hydrogen-bond acceptors (Lipinski definition) is 1. The van der Waals surface area contributed by atoms with Crippen molar-refractivity contribution in [3.63, 3.8) is 0 Å². The van der Waals surface area contributed by atoms with E-state index in [0.29, 0.717) is 0 Å². The number of rotatable bonds is 3.